The number of ether oxygens (including phenoxy) is 1. The monoisotopic (exact) mass is 408 g/mol. The minimum Gasteiger partial charge on any atom is -0.467 e. The molecule has 0 bridgehead atoms. The van der Waals surface area contributed by atoms with Crippen molar-refractivity contribution in [2.75, 3.05) is 24.2 Å². The minimum atomic E-state index is -3.67. The Labute approximate surface area is 166 Å². The molecule has 3 rings (SSSR count). The number of methoxy groups -OCH3 is 1. The van der Waals surface area contributed by atoms with Gasteiger partial charge >= 0.3 is 5.97 Å². The van der Waals surface area contributed by atoms with Crippen molar-refractivity contribution in [3.8, 4) is 0 Å². The normalized spacial score (nSPS) is 24.5. The van der Waals surface area contributed by atoms with Gasteiger partial charge in [0.15, 0.2) is 0 Å². The number of amides is 1. The van der Waals surface area contributed by atoms with Crippen LogP contribution in [0.4, 0.5) is 5.69 Å². The van der Waals surface area contributed by atoms with Crippen molar-refractivity contribution < 1.29 is 22.7 Å². The first-order valence-electron chi connectivity index (χ1n) is 9.66. The topological polar surface area (TPSA) is 84.0 Å². The van der Waals surface area contributed by atoms with Gasteiger partial charge in [-0.2, -0.15) is 0 Å². The van der Waals surface area contributed by atoms with Crippen LogP contribution in [0.2, 0.25) is 0 Å². The second-order valence-electron chi connectivity index (χ2n) is 7.74. The number of benzene rings is 1. The first-order chi connectivity index (χ1) is 13.2. The summed E-state index contributed by atoms with van der Waals surface area (Å²) in [5, 5.41) is 0. The molecule has 0 radical (unpaired) electrons. The van der Waals surface area contributed by atoms with E-state index in [0.29, 0.717) is 12.1 Å². The number of aryl methyl sites for hydroxylation is 1. The lowest BCUT2D eigenvalue weighted by Crippen LogP contribution is -2.51. The third kappa shape index (κ3) is 4.01. The maximum absolute atomic E-state index is 13.3. The Hall–Kier alpha value is -2.09. The molecule has 2 aliphatic rings. The van der Waals surface area contributed by atoms with Crippen LogP contribution in [0.5, 0.6) is 0 Å². The first-order valence-corrected chi connectivity index (χ1v) is 11.5. The lowest BCUT2D eigenvalue weighted by Gasteiger charge is -2.35. The van der Waals surface area contributed by atoms with Crippen LogP contribution in [0.15, 0.2) is 24.3 Å². The second-order valence-corrected chi connectivity index (χ2v) is 9.65. The molecule has 28 heavy (non-hydrogen) atoms. The molecule has 2 fully saturated rings. The summed E-state index contributed by atoms with van der Waals surface area (Å²) in [7, 11) is -2.35. The highest BCUT2D eigenvalue weighted by molar-refractivity contribution is 7.92. The molecule has 7 nitrogen and oxygen atoms in total. The molecule has 1 saturated heterocycles. The third-order valence-electron chi connectivity index (χ3n) is 5.91. The van der Waals surface area contributed by atoms with E-state index in [1.165, 1.54) is 7.11 Å². The van der Waals surface area contributed by atoms with Gasteiger partial charge in [0.2, 0.25) is 15.9 Å². The number of esters is 1. The van der Waals surface area contributed by atoms with Gasteiger partial charge in [0.25, 0.3) is 0 Å². The zero-order valence-corrected chi connectivity index (χ0v) is 17.4. The van der Waals surface area contributed by atoms with Crippen LogP contribution in [0.3, 0.4) is 0 Å². The minimum absolute atomic E-state index is 0.0244. The van der Waals surface area contributed by atoms with Crippen molar-refractivity contribution in [1.82, 2.24) is 4.90 Å². The zero-order valence-electron chi connectivity index (χ0n) is 16.6. The molecule has 1 heterocycles. The lowest BCUT2D eigenvalue weighted by molar-refractivity contribution is -0.151. The van der Waals surface area contributed by atoms with Crippen molar-refractivity contribution in [1.29, 1.82) is 0 Å². The van der Waals surface area contributed by atoms with Gasteiger partial charge < -0.3 is 9.64 Å². The summed E-state index contributed by atoms with van der Waals surface area (Å²) >= 11 is 0. The highest BCUT2D eigenvalue weighted by Crippen LogP contribution is 2.40. The predicted octanol–water partition coefficient (Wildman–Crippen LogP) is 2.09. The van der Waals surface area contributed by atoms with Gasteiger partial charge in [0.05, 0.1) is 19.1 Å². The van der Waals surface area contributed by atoms with Gasteiger partial charge in [-0.15, -0.1) is 0 Å². The highest BCUT2D eigenvalue weighted by atomic mass is 32.2. The molecular formula is C20H28N2O5S. The summed E-state index contributed by atoms with van der Waals surface area (Å²) in [6, 6.07) is 6.40. The quantitative estimate of drug-likeness (QED) is 0.697. The van der Waals surface area contributed by atoms with Crippen molar-refractivity contribution >= 4 is 27.6 Å². The van der Waals surface area contributed by atoms with E-state index < -0.39 is 22.0 Å². The van der Waals surface area contributed by atoms with E-state index in [1.807, 2.05) is 19.1 Å². The molecule has 1 saturated carbocycles. The van der Waals surface area contributed by atoms with E-state index in [9.17, 15) is 18.0 Å². The summed E-state index contributed by atoms with van der Waals surface area (Å²) < 4.78 is 31.0. The molecule has 3 unspecified atom stereocenters. The fourth-order valence-electron chi connectivity index (χ4n) is 4.59. The smallest absolute Gasteiger partial charge is 0.328 e. The van der Waals surface area contributed by atoms with Gasteiger partial charge in [-0.3, -0.25) is 9.10 Å². The Balaban J connectivity index is 1.91. The molecule has 1 amide bonds. The number of carbonyl (C=O) groups is 2. The number of rotatable bonds is 5. The van der Waals surface area contributed by atoms with Crippen LogP contribution in [-0.4, -0.2) is 57.2 Å². The van der Waals surface area contributed by atoms with Crippen molar-refractivity contribution in [2.24, 2.45) is 5.92 Å². The summed E-state index contributed by atoms with van der Waals surface area (Å²) in [6.07, 6.45) is 5.61. The average Bonchev–Trinajstić information content (AvgIpc) is 3.05. The Kier molecular flexibility index (Phi) is 5.98. The maximum Gasteiger partial charge on any atom is 0.328 e. The zero-order chi connectivity index (χ0) is 20.5. The van der Waals surface area contributed by atoms with E-state index in [0.717, 1.165) is 41.8 Å². The van der Waals surface area contributed by atoms with E-state index in [2.05, 4.69) is 0 Å². The Morgan fingerprint density at radius 3 is 2.54 bits per heavy atom. The summed E-state index contributed by atoms with van der Waals surface area (Å²) in [4.78, 5) is 27.2. The SMILES string of the molecule is COC(=O)C1CC2CCCCC2N1C(=O)CN(c1ccccc1C)S(C)(=O)=O. The van der Waals surface area contributed by atoms with Crippen LogP contribution >= 0.6 is 0 Å². The molecule has 1 aliphatic heterocycles. The van der Waals surface area contributed by atoms with Gasteiger partial charge in [0.1, 0.15) is 12.6 Å². The lowest BCUT2D eigenvalue weighted by atomic mass is 9.85. The number of carbonyl (C=O) groups excluding carboxylic acids is 2. The van der Waals surface area contributed by atoms with Crippen LogP contribution in [-0.2, 0) is 24.3 Å². The summed E-state index contributed by atoms with van der Waals surface area (Å²) in [6.45, 7) is 1.49. The number of para-hydroxylation sites is 1. The van der Waals surface area contributed by atoms with Crippen LogP contribution < -0.4 is 4.31 Å². The maximum atomic E-state index is 13.3. The largest absolute Gasteiger partial charge is 0.467 e. The molecule has 0 aromatic heterocycles. The highest BCUT2D eigenvalue weighted by Gasteiger charge is 2.48. The van der Waals surface area contributed by atoms with E-state index >= 15 is 0 Å². The Bertz CT molecular complexity index is 854. The molecule has 3 atom stereocenters. The molecule has 1 aromatic carbocycles. The molecule has 0 N–H and O–H groups in total. The van der Waals surface area contributed by atoms with E-state index in [4.69, 9.17) is 4.74 Å². The van der Waals surface area contributed by atoms with E-state index in [1.54, 1.807) is 17.0 Å². The first kappa shape index (κ1) is 20.6. The third-order valence-corrected chi connectivity index (χ3v) is 7.04. The standard InChI is InChI=1S/C20H28N2O5S/c1-14-8-4-6-10-16(14)21(28(3,25)26)13-19(23)22-17-11-7-5-9-15(17)12-18(22)20(24)27-2/h4,6,8,10,15,17-18H,5,7,9,11-13H2,1-3H3. The Morgan fingerprint density at radius 2 is 1.89 bits per heavy atom. The number of nitrogens with zero attached hydrogens (tertiary/aromatic N) is 2. The molecule has 1 aromatic rings. The molecule has 8 heteroatoms. The van der Waals surface area contributed by atoms with Gasteiger partial charge in [-0.25, -0.2) is 13.2 Å². The summed E-state index contributed by atoms with van der Waals surface area (Å²) in [5.41, 5.74) is 1.24. The van der Waals surface area contributed by atoms with Gasteiger partial charge in [0, 0.05) is 6.04 Å². The van der Waals surface area contributed by atoms with Crippen molar-refractivity contribution in [2.45, 2.75) is 51.1 Å². The van der Waals surface area contributed by atoms with Crippen LogP contribution in [0, 0.1) is 12.8 Å². The molecular weight excluding hydrogens is 380 g/mol. The number of fused-ring (bicyclic) bond motifs is 1. The van der Waals surface area contributed by atoms with E-state index in [-0.39, 0.29) is 24.4 Å². The fraction of sp³-hybridized carbons (Fsp3) is 0.600. The molecule has 1 aliphatic carbocycles. The predicted molar refractivity (Wildman–Crippen MR) is 106 cm³/mol. The number of likely N-dealkylation sites (tertiary alicyclic amines) is 1. The average molecular weight is 409 g/mol. The molecule has 154 valence electrons. The van der Waals surface area contributed by atoms with Crippen LogP contribution in [0.25, 0.3) is 0 Å². The number of sulfonamides is 1. The van der Waals surface area contributed by atoms with Crippen LogP contribution in [0.1, 0.15) is 37.7 Å². The van der Waals surface area contributed by atoms with Gasteiger partial charge in [-0.1, -0.05) is 31.0 Å². The van der Waals surface area contributed by atoms with Gasteiger partial charge in [-0.05, 0) is 43.7 Å². The second kappa shape index (κ2) is 8.11. The summed E-state index contributed by atoms with van der Waals surface area (Å²) in [5.74, 6) is -0.505. The molecule has 0 spiro atoms. The van der Waals surface area contributed by atoms with Crippen molar-refractivity contribution in [3.63, 3.8) is 0 Å². The number of anilines is 1. The fourth-order valence-corrected chi connectivity index (χ4v) is 5.50. The van der Waals surface area contributed by atoms with Crippen molar-refractivity contribution in [3.05, 3.63) is 29.8 Å². The number of hydrogen-bond acceptors (Lipinski definition) is 5. The number of hydrogen-bond donors (Lipinski definition) is 0. The Morgan fingerprint density at radius 1 is 1.21 bits per heavy atom.